The summed E-state index contributed by atoms with van der Waals surface area (Å²) in [5.41, 5.74) is 1.27. The van der Waals surface area contributed by atoms with Gasteiger partial charge >= 0.3 is 0 Å². The molecule has 0 aromatic heterocycles. The maximum Gasteiger partial charge on any atom is 0.119 e. The molecule has 0 saturated carbocycles. The van der Waals surface area contributed by atoms with E-state index < -0.39 is 0 Å². The topological polar surface area (TPSA) is 30.5 Å². The van der Waals surface area contributed by atoms with E-state index in [1.807, 2.05) is 19.2 Å². The molecule has 0 radical (unpaired) electrons. The highest BCUT2D eigenvalue weighted by Crippen LogP contribution is 2.19. The first kappa shape index (κ1) is 12.4. The number of rotatable bonds is 5. The van der Waals surface area contributed by atoms with Gasteiger partial charge in [0, 0.05) is 12.6 Å². The van der Waals surface area contributed by atoms with Gasteiger partial charge in [-0.15, -0.1) is 0 Å². The Bertz CT molecular complexity index is 331. The minimum atomic E-state index is 0.283. The van der Waals surface area contributed by atoms with Crippen LogP contribution < -0.4 is 10.1 Å². The second-order valence-corrected chi connectivity index (χ2v) is 4.53. The molecular formula is C14H21NO2. The first-order valence-electron chi connectivity index (χ1n) is 6.31. The maximum absolute atomic E-state index is 5.71. The third-order valence-corrected chi connectivity index (χ3v) is 3.27. The van der Waals surface area contributed by atoms with Gasteiger partial charge in [0.15, 0.2) is 0 Å². The molecule has 2 rings (SSSR count). The molecule has 0 bridgehead atoms. The van der Waals surface area contributed by atoms with Gasteiger partial charge in [-0.1, -0.05) is 12.1 Å². The Hall–Kier alpha value is -1.06. The summed E-state index contributed by atoms with van der Waals surface area (Å²) in [5.74, 6) is 0.924. The van der Waals surface area contributed by atoms with E-state index in [4.69, 9.17) is 9.47 Å². The Morgan fingerprint density at radius 3 is 2.76 bits per heavy atom. The second kappa shape index (κ2) is 6.03. The summed E-state index contributed by atoms with van der Waals surface area (Å²) in [7, 11) is 1.96. The lowest BCUT2D eigenvalue weighted by Gasteiger charge is -2.13. The normalized spacial score (nSPS) is 21.4. The van der Waals surface area contributed by atoms with Crippen LogP contribution in [0.2, 0.25) is 0 Å². The molecule has 1 fully saturated rings. The van der Waals surface area contributed by atoms with Crippen molar-refractivity contribution in [1.82, 2.24) is 5.32 Å². The molecule has 3 nitrogen and oxygen atoms in total. The molecule has 94 valence electrons. The summed E-state index contributed by atoms with van der Waals surface area (Å²) in [4.78, 5) is 0. The predicted molar refractivity (Wildman–Crippen MR) is 68.4 cm³/mol. The smallest absolute Gasteiger partial charge is 0.119 e. The van der Waals surface area contributed by atoms with Crippen LogP contribution in [0, 0.1) is 0 Å². The van der Waals surface area contributed by atoms with Crippen LogP contribution in [0.5, 0.6) is 5.75 Å². The average Bonchev–Trinajstić information content (AvgIpc) is 2.89. The summed E-state index contributed by atoms with van der Waals surface area (Å²) in [6.07, 6.45) is 2.56. The Labute approximate surface area is 103 Å². The Morgan fingerprint density at radius 1 is 1.41 bits per heavy atom. The van der Waals surface area contributed by atoms with Crippen LogP contribution in [0.15, 0.2) is 24.3 Å². The Balaban J connectivity index is 1.84. The monoisotopic (exact) mass is 235 g/mol. The molecule has 1 aliphatic rings. The van der Waals surface area contributed by atoms with E-state index in [0.29, 0.717) is 12.6 Å². The summed E-state index contributed by atoms with van der Waals surface area (Å²) in [6, 6.07) is 8.64. The third-order valence-electron chi connectivity index (χ3n) is 3.27. The molecule has 1 heterocycles. The van der Waals surface area contributed by atoms with Gasteiger partial charge in [0.2, 0.25) is 0 Å². The largest absolute Gasteiger partial charge is 0.491 e. The molecule has 1 N–H and O–H groups in total. The number of nitrogens with one attached hydrogen (secondary N) is 1. The zero-order valence-electron chi connectivity index (χ0n) is 10.6. The molecule has 0 aliphatic carbocycles. The van der Waals surface area contributed by atoms with E-state index in [1.165, 1.54) is 5.56 Å². The maximum atomic E-state index is 5.71. The minimum Gasteiger partial charge on any atom is -0.491 e. The fourth-order valence-electron chi connectivity index (χ4n) is 1.98. The van der Waals surface area contributed by atoms with Crippen molar-refractivity contribution < 1.29 is 9.47 Å². The molecular weight excluding hydrogens is 214 g/mol. The van der Waals surface area contributed by atoms with Crippen LogP contribution in [-0.4, -0.2) is 26.4 Å². The van der Waals surface area contributed by atoms with Crippen molar-refractivity contribution in [3.63, 3.8) is 0 Å². The minimum absolute atomic E-state index is 0.283. The number of ether oxygens (including phenoxy) is 2. The summed E-state index contributed by atoms with van der Waals surface area (Å²) < 4.78 is 11.2. The molecule has 3 heteroatoms. The quantitative estimate of drug-likeness (QED) is 0.850. The van der Waals surface area contributed by atoms with Gasteiger partial charge in [-0.05, 0) is 44.5 Å². The van der Waals surface area contributed by atoms with Crippen LogP contribution in [0.1, 0.15) is 31.4 Å². The van der Waals surface area contributed by atoms with E-state index in [2.05, 4.69) is 24.4 Å². The van der Waals surface area contributed by atoms with Crippen LogP contribution in [0.4, 0.5) is 0 Å². The Morgan fingerprint density at radius 2 is 2.18 bits per heavy atom. The third kappa shape index (κ3) is 3.45. The van der Waals surface area contributed by atoms with E-state index in [9.17, 15) is 0 Å². The van der Waals surface area contributed by atoms with Gasteiger partial charge < -0.3 is 14.8 Å². The molecule has 0 amide bonds. The van der Waals surface area contributed by atoms with Gasteiger partial charge in [-0.2, -0.15) is 0 Å². The number of hydrogen-bond donors (Lipinski definition) is 1. The molecule has 0 spiro atoms. The van der Waals surface area contributed by atoms with Crippen LogP contribution >= 0.6 is 0 Å². The molecule has 2 atom stereocenters. The molecule has 1 aromatic carbocycles. The fourth-order valence-corrected chi connectivity index (χ4v) is 1.98. The van der Waals surface area contributed by atoms with Crippen molar-refractivity contribution in [2.24, 2.45) is 0 Å². The van der Waals surface area contributed by atoms with Crippen molar-refractivity contribution in [3.8, 4) is 5.75 Å². The van der Waals surface area contributed by atoms with Crippen molar-refractivity contribution in [2.75, 3.05) is 20.3 Å². The standard InChI is InChI=1S/C14H21NO2/c1-11(15-2)12-5-7-13(8-6-12)17-10-14-4-3-9-16-14/h5-8,11,14-15H,3-4,9-10H2,1-2H3. The van der Waals surface area contributed by atoms with Crippen LogP contribution in [0.25, 0.3) is 0 Å². The fraction of sp³-hybridized carbons (Fsp3) is 0.571. The van der Waals surface area contributed by atoms with Gasteiger partial charge in [-0.3, -0.25) is 0 Å². The first-order valence-corrected chi connectivity index (χ1v) is 6.31. The molecule has 1 aliphatic heterocycles. The molecule has 2 unspecified atom stereocenters. The van der Waals surface area contributed by atoms with Crippen molar-refractivity contribution in [2.45, 2.75) is 31.9 Å². The number of hydrogen-bond acceptors (Lipinski definition) is 3. The van der Waals surface area contributed by atoms with E-state index in [0.717, 1.165) is 25.2 Å². The second-order valence-electron chi connectivity index (χ2n) is 4.53. The predicted octanol–water partition coefficient (Wildman–Crippen LogP) is 2.52. The van der Waals surface area contributed by atoms with Gasteiger partial charge in [0.25, 0.3) is 0 Å². The van der Waals surface area contributed by atoms with Gasteiger partial charge in [-0.25, -0.2) is 0 Å². The summed E-state index contributed by atoms with van der Waals surface area (Å²) in [5, 5.41) is 3.22. The zero-order valence-corrected chi connectivity index (χ0v) is 10.6. The SMILES string of the molecule is CNC(C)c1ccc(OCC2CCCO2)cc1. The molecule has 1 aromatic rings. The number of benzene rings is 1. The van der Waals surface area contributed by atoms with E-state index in [1.54, 1.807) is 0 Å². The van der Waals surface area contributed by atoms with E-state index in [-0.39, 0.29) is 6.10 Å². The summed E-state index contributed by atoms with van der Waals surface area (Å²) >= 11 is 0. The average molecular weight is 235 g/mol. The van der Waals surface area contributed by atoms with Crippen LogP contribution in [0.3, 0.4) is 0 Å². The highest BCUT2D eigenvalue weighted by Gasteiger charge is 2.15. The highest BCUT2D eigenvalue weighted by atomic mass is 16.5. The van der Waals surface area contributed by atoms with Crippen molar-refractivity contribution in [1.29, 1.82) is 0 Å². The highest BCUT2D eigenvalue weighted by molar-refractivity contribution is 5.28. The van der Waals surface area contributed by atoms with Gasteiger partial charge in [0.05, 0.1) is 6.10 Å². The summed E-state index contributed by atoms with van der Waals surface area (Å²) in [6.45, 7) is 3.69. The lowest BCUT2D eigenvalue weighted by atomic mass is 10.1. The van der Waals surface area contributed by atoms with Crippen LogP contribution in [-0.2, 0) is 4.74 Å². The van der Waals surface area contributed by atoms with Crippen molar-refractivity contribution >= 4 is 0 Å². The van der Waals surface area contributed by atoms with Gasteiger partial charge in [0.1, 0.15) is 12.4 Å². The first-order chi connectivity index (χ1) is 8.29. The molecule has 17 heavy (non-hydrogen) atoms. The zero-order chi connectivity index (χ0) is 12.1. The lowest BCUT2D eigenvalue weighted by molar-refractivity contribution is 0.0679. The molecule has 1 saturated heterocycles. The van der Waals surface area contributed by atoms with Crippen molar-refractivity contribution in [3.05, 3.63) is 29.8 Å². The lowest BCUT2D eigenvalue weighted by Crippen LogP contribution is -2.16. The Kier molecular flexibility index (Phi) is 4.40. The van der Waals surface area contributed by atoms with E-state index >= 15 is 0 Å².